The zero-order valence-corrected chi connectivity index (χ0v) is 12.8. The number of nitrogens with one attached hydrogen (secondary N) is 1. The molecule has 110 valence electrons. The number of carbonyl (C=O) groups is 1. The fourth-order valence-corrected chi connectivity index (χ4v) is 3.32. The lowest BCUT2D eigenvalue weighted by Gasteiger charge is -2.22. The highest BCUT2D eigenvalue weighted by atomic mass is 32.1. The summed E-state index contributed by atoms with van der Waals surface area (Å²) in [6.07, 6.45) is 5.46. The van der Waals surface area contributed by atoms with Crippen molar-refractivity contribution in [3.05, 3.63) is 41.3 Å². The van der Waals surface area contributed by atoms with Gasteiger partial charge in [-0.1, -0.05) is 6.07 Å². The van der Waals surface area contributed by atoms with Crippen molar-refractivity contribution in [3.63, 3.8) is 0 Å². The van der Waals surface area contributed by atoms with Crippen LogP contribution in [0, 0.1) is 6.92 Å². The summed E-state index contributed by atoms with van der Waals surface area (Å²) in [7, 11) is 0. The van der Waals surface area contributed by atoms with Crippen LogP contribution in [0.4, 0.5) is 5.00 Å². The highest BCUT2D eigenvalue weighted by Crippen LogP contribution is 2.23. The van der Waals surface area contributed by atoms with Crippen LogP contribution < -0.4 is 5.32 Å². The molecule has 2 aromatic rings. The fraction of sp³-hybridized carbons (Fsp3) is 0.400. The molecule has 1 aliphatic heterocycles. The van der Waals surface area contributed by atoms with Gasteiger partial charge < -0.3 is 5.32 Å². The van der Waals surface area contributed by atoms with Crippen LogP contribution in [0.3, 0.4) is 0 Å². The van der Waals surface area contributed by atoms with Gasteiger partial charge in [0.25, 0.3) is 0 Å². The highest BCUT2D eigenvalue weighted by molar-refractivity contribution is 7.15. The Morgan fingerprint density at radius 3 is 3.10 bits per heavy atom. The molecule has 3 rings (SSSR count). The molecular weight excluding hydrogens is 284 g/mol. The van der Waals surface area contributed by atoms with Crippen LogP contribution in [0.15, 0.2) is 30.6 Å². The van der Waals surface area contributed by atoms with Gasteiger partial charge in [0.05, 0.1) is 22.9 Å². The first-order chi connectivity index (χ1) is 10.2. The van der Waals surface area contributed by atoms with E-state index < -0.39 is 0 Å². The lowest BCUT2D eigenvalue weighted by Crippen LogP contribution is -2.39. The average molecular weight is 302 g/mol. The first-order valence-corrected chi connectivity index (χ1v) is 7.91. The van der Waals surface area contributed by atoms with E-state index in [1.165, 1.54) is 11.3 Å². The molecule has 5 nitrogen and oxygen atoms in total. The van der Waals surface area contributed by atoms with Crippen molar-refractivity contribution in [1.29, 1.82) is 0 Å². The van der Waals surface area contributed by atoms with E-state index in [1.807, 2.05) is 25.1 Å². The first kappa shape index (κ1) is 14.2. The van der Waals surface area contributed by atoms with E-state index in [4.69, 9.17) is 0 Å². The van der Waals surface area contributed by atoms with Crippen molar-refractivity contribution >= 4 is 22.2 Å². The van der Waals surface area contributed by atoms with Crippen LogP contribution in [0.5, 0.6) is 0 Å². The van der Waals surface area contributed by atoms with Crippen molar-refractivity contribution < 1.29 is 4.79 Å². The van der Waals surface area contributed by atoms with Crippen LogP contribution in [-0.4, -0.2) is 33.4 Å². The monoisotopic (exact) mass is 302 g/mol. The molecule has 0 aromatic carbocycles. The number of aromatic nitrogens is 2. The maximum absolute atomic E-state index is 12.4. The standard InChI is InChI=1S/C15H18N4OS/c1-11-17-9-14(21-11)18-15(20)13-6-4-8-19(13)10-12-5-2-3-7-16-12/h2-3,5,7,9,13H,4,6,8,10H2,1H3,(H,18,20). The van der Waals surface area contributed by atoms with Crippen molar-refractivity contribution in [2.45, 2.75) is 32.4 Å². The Kier molecular flexibility index (Phi) is 4.26. The van der Waals surface area contributed by atoms with Gasteiger partial charge in [0.15, 0.2) is 0 Å². The van der Waals surface area contributed by atoms with Crippen LogP contribution >= 0.6 is 11.3 Å². The Balaban J connectivity index is 1.64. The predicted molar refractivity (Wildman–Crippen MR) is 83.1 cm³/mol. The molecule has 0 spiro atoms. The van der Waals surface area contributed by atoms with E-state index >= 15 is 0 Å². The minimum Gasteiger partial charge on any atom is -0.315 e. The van der Waals surface area contributed by atoms with E-state index in [9.17, 15) is 4.79 Å². The maximum Gasteiger partial charge on any atom is 0.242 e. The Bertz CT molecular complexity index is 613. The molecule has 1 saturated heterocycles. The van der Waals surface area contributed by atoms with Gasteiger partial charge >= 0.3 is 0 Å². The van der Waals surface area contributed by atoms with Crippen LogP contribution in [0.2, 0.25) is 0 Å². The van der Waals surface area contributed by atoms with Crippen LogP contribution in [0.1, 0.15) is 23.5 Å². The third-order valence-electron chi connectivity index (χ3n) is 3.63. The maximum atomic E-state index is 12.4. The van der Waals surface area contributed by atoms with Gasteiger partial charge in [-0.2, -0.15) is 0 Å². The molecule has 0 aliphatic carbocycles. The second kappa shape index (κ2) is 6.32. The average Bonchev–Trinajstić information content (AvgIpc) is 3.09. The molecule has 1 amide bonds. The van der Waals surface area contributed by atoms with Gasteiger partial charge in [-0.25, -0.2) is 4.98 Å². The summed E-state index contributed by atoms with van der Waals surface area (Å²) in [5.74, 6) is 0.0621. The summed E-state index contributed by atoms with van der Waals surface area (Å²) >= 11 is 1.51. The Labute approximate surface area is 128 Å². The van der Waals surface area contributed by atoms with E-state index in [0.29, 0.717) is 0 Å². The number of likely N-dealkylation sites (tertiary alicyclic amines) is 1. The molecular formula is C15H18N4OS. The number of hydrogen-bond acceptors (Lipinski definition) is 5. The zero-order chi connectivity index (χ0) is 14.7. The Hall–Kier alpha value is -1.79. The van der Waals surface area contributed by atoms with E-state index in [0.717, 1.165) is 41.6 Å². The van der Waals surface area contributed by atoms with Crippen LogP contribution in [0.25, 0.3) is 0 Å². The lowest BCUT2D eigenvalue weighted by atomic mass is 10.2. The minimum absolute atomic E-state index is 0.0621. The second-order valence-electron chi connectivity index (χ2n) is 5.18. The molecule has 0 saturated carbocycles. The molecule has 21 heavy (non-hydrogen) atoms. The normalized spacial score (nSPS) is 18.8. The number of amides is 1. The number of nitrogens with zero attached hydrogens (tertiary/aromatic N) is 3. The molecule has 1 unspecified atom stereocenters. The molecule has 1 fully saturated rings. The van der Waals surface area contributed by atoms with Gasteiger partial charge in [0.1, 0.15) is 5.00 Å². The number of thiazole rings is 1. The summed E-state index contributed by atoms with van der Waals surface area (Å²) in [6, 6.07) is 5.81. The number of pyridine rings is 1. The van der Waals surface area contributed by atoms with Crippen molar-refractivity contribution in [2.75, 3.05) is 11.9 Å². The minimum atomic E-state index is -0.0746. The fourth-order valence-electron chi connectivity index (χ4n) is 2.64. The molecule has 2 aromatic heterocycles. The van der Waals surface area contributed by atoms with Gasteiger partial charge in [0, 0.05) is 12.7 Å². The van der Waals surface area contributed by atoms with Crippen molar-refractivity contribution in [2.24, 2.45) is 0 Å². The molecule has 3 heterocycles. The topological polar surface area (TPSA) is 58.1 Å². The summed E-state index contributed by atoms with van der Waals surface area (Å²) < 4.78 is 0. The van der Waals surface area contributed by atoms with Crippen LogP contribution in [-0.2, 0) is 11.3 Å². The van der Waals surface area contributed by atoms with Gasteiger partial charge in [0.2, 0.25) is 5.91 Å². The van der Waals surface area contributed by atoms with E-state index in [1.54, 1.807) is 12.4 Å². The Morgan fingerprint density at radius 2 is 2.38 bits per heavy atom. The molecule has 0 bridgehead atoms. The summed E-state index contributed by atoms with van der Waals surface area (Å²) in [6.45, 7) is 3.60. The number of aryl methyl sites for hydroxylation is 1. The molecule has 1 atom stereocenters. The third-order valence-corrected chi connectivity index (χ3v) is 4.45. The van der Waals surface area contributed by atoms with Gasteiger partial charge in [-0.15, -0.1) is 11.3 Å². The molecule has 1 N–H and O–H groups in total. The summed E-state index contributed by atoms with van der Waals surface area (Å²) in [5, 5.41) is 4.76. The SMILES string of the molecule is Cc1ncc(NC(=O)C2CCCN2Cc2ccccn2)s1. The van der Waals surface area contributed by atoms with Gasteiger partial charge in [-0.05, 0) is 38.4 Å². The summed E-state index contributed by atoms with van der Waals surface area (Å²) in [5.41, 5.74) is 1.01. The van der Waals surface area contributed by atoms with Gasteiger partial charge in [-0.3, -0.25) is 14.7 Å². The van der Waals surface area contributed by atoms with E-state index in [2.05, 4.69) is 20.2 Å². The second-order valence-corrected chi connectivity index (χ2v) is 6.42. The summed E-state index contributed by atoms with van der Waals surface area (Å²) in [4.78, 5) is 23.1. The predicted octanol–water partition coefficient (Wildman–Crippen LogP) is 2.45. The molecule has 6 heteroatoms. The van der Waals surface area contributed by atoms with Crippen molar-refractivity contribution in [3.8, 4) is 0 Å². The van der Waals surface area contributed by atoms with Crippen molar-refractivity contribution in [1.82, 2.24) is 14.9 Å². The number of carbonyl (C=O) groups excluding carboxylic acids is 1. The number of anilines is 1. The Morgan fingerprint density at radius 1 is 1.48 bits per heavy atom. The zero-order valence-electron chi connectivity index (χ0n) is 12.0. The quantitative estimate of drug-likeness (QED) is 0.942. The largest absolute Gasteiger partial charge is 0.315 e. The number of hydrogen-bond donors (Lipinski definition) is 1. The first-order valence-electron chi connectivity index (χ1n) is 7.09. The number of rotatable bonds is 4. The molecule has 1 aliphatic rings. The highest BCUT2D eigenvalue weighted by Gasteiger charge is 2.31. The molecule has 0 radical (unpaired) electrons. The van der Waals surface area contributed by atoms with E-state index in [-0.39, 0.29) is 11.9 Å². The smallest absolute Gasteiger partial charge is 0.242 e. The third kappa shape index (κ3) is 3.46. The lowest BCUT2D eigenvalue weighted by molar-refractivity contribution is -0.120.